The minimum Gasteiger partial charge on any atom is -0.434 e. The van der Waals surface area contributed by atoms with Crippen molar-refractivity contribution < 1.29 is 9.13 Å². The van der Waals surface area contributed by atoms with Crippen LogP contribution >= 0.6 is 0 Å². The average molecular weight is 243 g/mol. The lowest BCUT2D eigenvalue weighted by molar-refractivity contribution is 0.429. The zero-order valence-corrected chi connectivity index (χ0v) is 9.64. The first-order valence-corrected chi connectivity index (χ1v) is 5.20. The van der Waals surface area contributed by atoms with E-state index in [0.717, 1.165) is 5.56 Å². The summed E-state index contributed by atoms with van der Waals surface area (Å²) in [7, 11) is 0. The van der Waals surface area contributed by atoms with Crippen molar-refractivity contribution in [2.45, 2.75) is 6.92 Å². The molecule has 2 aromatic rings. The first-order chi connectivity index (χ1) is 8.61. The van der Waals surface area contributed by atoms with Crippen LogP contribution in [0.1, 0.15) is 11.1 Å². The maximum atomic E-state index is 13.5. The molecule has 0 aliphatic carbocycles. The van der Waals surface area contributed by atoms with Crippen molar-refractivity contribution in [1.29, 1.82) is 5.26 Å². The Hall–Kier alpha value is -2.61. The molecule has 0 spiro atoms. The van der Waals surface area contributed by atoms with E-state index in [1.54, 1.807) is 6.07 Å². The van der Waals surface area contributed by atoms with Crippen molar-refractivity contribution in [3.05, 3.63) is 47.4 Å². The molecule has 4 nitrogen and oxygen atoms in total. The lowest BCUT2D eigenvalue weighted by atomic mass is 10.2. The summed E-state index contributed by atoms with van der Waals surface area (Å²) in [4.78, 5) is 3.89. The van der Waals surface area contributed by atoms with Gasteiger partial charge in [-0.25, -0.2) is 9.37 Å². The third-order valence-corrected chi connectivity index (χ3v) is 2.37. The number of hydrogen-bond acceptors (Lipinski definition) is 4. The summed E-state index contributed by atoms with van der Waals surface area (Å²) in [5, 5.41) is 8.82. The summed E-state index contributed by atoms with van der Waals surface area (Å²) in [6.45, 7) is 1.81. The second-order valence-corrected chi connectivity index (χ2v) is 3.73. The number of halogens is 1. The molecule has 2 N–H and O–H groups in total. The maximum Gasteiger partial charge on any atom is 0.244 e. The molecule has 90 valence electrons. The third-order valence-electron chi connectivity index (χ3n) is 2.37. The maximum absolute atomic E-state index is 13.5. The van der Waals surface area contributed by atoms with Gasteiger partial charge in [-0.3, -0.25) is 0 Å². The van der Waals surface area contributed by atoms with E-state index in [1.807, 2.05) is 13.0 Å². The van der Waals surface area contributed by atoms with Crippen LogP contribution in [0.3, 0.4) is 0 Å². The van der Waals surface area contributed by atoms with Crippen LogP contribution in [-0.4, -0.2) is 4.98 Å². The van der Waals surface area contributed by atoms with E-state index in [2.05, 4.69) is 4.98 Å². The van der Waals surface area contributed by atoms with E-state index in [1.165, 1.54) is 24.4 Å². The zero-order chi connectivity index (χ0) is 13.1. The average Bonchev–Trinajstić information content (AvgIpc) is 2.36. The number of benzene rings is 1. The fourth-order valence-corrected chi connectivity index (χ4v) is 1.43. The van der Waals surface area contributed by atoms with Crippen molar-refractivity contribution in [1.82, 2.24) is 4.98 Å². The summed E-state index contributed by atoms with van der Waals surface area (Å²) in [5.74, 6) is -0.452. The molecular formula is C13H10FN3O. The van der Waals surface area contributed by atoms with Crippen LogP contribution in [-0.2, 0) is 0 Å². The Bertz CT molecular complexity index is 635. The van der Waals surface area contributed by atoms with Crippen LogP contribution in [0, 0.1) is 24.1 Å². The number of nitrogens with zero attached hydrogens (tertiary/aromatic N) is 2. The number of rotatable bonds is 2. The molecule has 0 fully saturated rings. The highest BCUT2D eigenvalue weighted by molar-refractivity contribution is 5.60. The highest BCUT2D eigenvalue weighted by atomic mass is 19.1. The van der Waals surface area contributed by atoms with Gasteiger partial charge < -0.3 is 10.5 Å². The first-order valence-electron chi connectivity index (χ1n) is 5.20. The van der Waals surface area contributed by atoms with Crippen molar-refractivity contribution in [3.8, 4) is 17.7 Å². The van der Waals surface area contributed by atoms with Gasteiger partial charge in [-0.05, 0) is 30.7 Å². The van der Waals surface area contributed by atoms with Gasteiger partial charge in [0.25, 0.3) is 0 Å². The van der Waals surface area contributed by atoms with E-state index in [0.29, 0.717) is 0 Å². The summed E-state index contributed by atoms with van der Waals surface area (Å²) in [6.07, 6.45) is 1.39. The molecule has 0 aliphatic rings. The number of pyridine rings is 1. The molecule has 0 atom stereocenters. The second-order valence-electron chi connectivity index (χ2n) is 3.73. The number of anilines is 1. The van der Waals surface area contributed by atoms with E-state index in [9.17, 15) is 4.39 Å². The predicted molar refractivity (Wildman–Crippen MR) is 64.6 cm³/mol. The molecule has 0 bridgehead atoms. The molecule has 1 aromatic carbocycles. The Balaban J connectivity index is 2.41. The standard InChI is InChI=1S/C13H10FN3O/c1-8-2-3-10(14)11(6-8)18-13-12(16)9(7-15)4-5-17-13/h2-6H,16H2,1H3. The molecule has 0 saturated carbocycles. The van der Waals surface area contributed by atoms with Gasteiger partial charge in [0, 0.05) is 6.20 Å². The molecule has 1 heterocycles. The van der Waals surface area contributed by atoms with Gasteiger partial charge in [-0.2, -0.15) is 5.26 Å². The quantitative estimate of drug-likeness (QED) is 0.880. The number of aryl methyl sites for hydroxylation is 1. The Morgan fingerprint density at radius 3 is 2.89 bits per heavy atom. The van der Waals surface area contributed by atoms with E-state index in [4.69, 9.17) is 15.7 Å². The van der Waals surface area contributed by atoms with Gasteiger partial charge in [-0.1, -0.05) is 6.07 Å². The molecule has 2 rings (SSSR count). The highest BCUT2D eigenvalue weighted by Crippen LogP contribution is 2.29. The second kappa shape index (κ2) is 4.72. The van der Waals surface area contributed by atoms with Gasteiger partial charge in [-0.15, -0.1) is 0 Å². The largest absolute Gasteiger partial charge is 0.434 e. The Kier molecular flexibility index (Phi) is 3.11. The minimum absolute atomic E-state index is 0.0264. The highest BCUT2D eigenvalue weighted by Gasteiger charge is 2.11. The fraction of sp³-hybridized carbons (Fsp3) is 0.0769. The monoisotopic (exact) mass is 243 g/mol. The van der Waals surface area contributed by atoms with Crippen LogP contribution in [0.5, 0.6) is 11.6 Å². The van der Waals surface area contributed by atoms with Crippen LogP contribution in [0.4, 0.5) is 10.1 Å². The van der Waals surface area contributed by atoms with Crippen LogP contribution < -0.4 is 10.5 Å². The summed E-state index contributed by atoms with van der Waals surface area (Å²) in [5.41, 5.74) is 6.89. The normalized spacial score (nSPS) is 9.83. The predicted octanol–water partition coefficient (Wildman–Crippen LogP) is 2.78. The Labute approximate surface area is 103 Å². The lowest BCUT2D eigenvalue weighted by Gasteiger charge is -2.09. The van der Waals surface area contributed by atoms with Gasteiger partial charge in [0.05, 0.1) is 5.56 Å². The molecule has 0 saturated heterocycles. The van der Waals surface area contributed by atoms with Gasteiger partial charge in [0.2, 0.25) is 5.88 Å². The van der Waals surface area contributed by atoms with Crippen LogP contribution in [0.2, 0.25) is 0 Å². The SMILES string of the molecule is Cc1ccc(F)c(Oc2nccc(C#N)c2N)c1. The number of nitriles is 1. The Morgan fingerprint density at radius 2 is 2.17 bits per heavy atom. The molecule has 0 amide bonds. The van der Waals surface area contributed by atoms with Gasteiger partial charge >= 0.3 is 0 Å². The van der Waals surface area contributed by atoms with Crippen LogP contribution in [0.25, 0.3) is 0 Å². The van der Waals surface area contributed by atoms with Crippen LogP contribution in [0.15, 0.2) is 30.5 Å². The van der Waals surface area contributed by atoms with Gasteiger partial charge in [0.1, 0.15) is 11.8 Å². The van der Waals surface area contributed by atoms with E-state index >= 15 is 0 Å². The number of ether oxygens (including phenoxy) is 1. The molecule has 0 aliphatic heterocycles. The summed E-state index contributed by atoms with van der Waals surface area (Å²) < 4.78 is 18.8. The lowest BCUT2D eigenvalue weighted by Crippen LogP contribution is -1.99. The van der Waals surface area contributed by atoms with Crippen molar-refractivity contribution in [2.24, 2.45) is 0 Å². The van der Waals surface area contributed by atoms with Crippen molar-refractivity contribution >= 4 is 5.69 Å². The van der Waals surface area contributed by atoms with Crippen molar-refractivity contribution in [2.75, 3.05) is 5.73 Å². The van der Waals surface area contributed by atoms with Crippen molar-refractivity contribution in [3.63, 3.8) is 0 Å². The molecule has 5 heteroatoms. The number of nitrogens with two attached hydrogens (primary N) is 1. The summed E-state index contributed by atoms with van der Waals surface area (Å²) in [6, 6.07) is 7.84. The number of nitrogen functional groups attached to an aromatic ring is 1. The minimum atomic E-state index is -0.510. The Morgan fingerprint density at radius 1 is 1.39 bits per heavy atom. The molecule has 0 unspecified atom stereocenters. The number of aromatic nitrogens is 1. The summed E-state index contributed by atoms with van der Waals surface area (Å²) >= 11 is 0. The molecule has 1 aromatic heterocycles. The van der Waals surface area contributed by atoms with Gasteiger partial charge in [0.15, 0.2) is 11.6 Å². The third kappa shape index (κ3) is 2.23. The molecule has 0 radical (unpaired) electrons. The zero-order valence-electron chi connectivity index (χ0n) is 9.64. The number of hydrogen-bond donors (Lipinski definition) is 1. The fourth-order valence-electron chi connectivity index (χ4n) is 1.43. The molecule has 18 heavy (non-hydrogen) atoms. The van der Waals surface area contributed by atoms with E-state index in [-0.39, 0.29) is 22.9 Å². The molecular weight excluding hydrogens is 233 g/mol. The van der Waals surface area contributed by atoms with E-state index < -0.39 is 5.82 Å². The smallest absolute Gasteiger partial charge is 0.244 e. The first kappa shape index (κ1) is 11.9. The topological polar surface area (TPSA) is 71.9 Å².